The van der Waals surface area contributed by atoms with Crippen LogP contribution in [0.25, 0.3) is 0 Å². The lowest BCUT2D eigenvalue weighted by molar-refractivity contribution is 0.0542. The van der Waals surface area contributed by atoms with Crippen LogP contribution in [-0.4, -0.2) is 33.2 Å². The highest BCUT2D eigenvalue weighted by atomic mass is 32.2. The lowest BCUT2D eigenvalue weighted by atomic mass is 10.1. The number of nitrogen functional groups attached to an aromatic ring is 1. The second kappa shape index (κ2) is 8.32. The SMILES string of the molecule is C=CCn1c(N)nnc1SCCOC1CCCCCC1. The van der Waals surface area contributed by atoms with Gasteiger partial charge in [0.1, 0.15) is 0 Å². The topological polar surface area (TPSA) is 66.0 Å². The molecule has 20 heavy (non-hydrogen) atoms. The van der Waals surface area contributed by atoms with E-state index >= 15 is 0 Å². The molecule has 2 rings (SSSR count). The van der Waals surface area contributed by atoms with Gasteiger partial charge in [0, 0.05) is 12.3 Å². The number of aromatic nitrogens is 3. The van der Waals surface area contributed by atoms with Crippen LogP contribution in [0.3, 0.4) is 0 Å². The van der Waals surface area contributed by atoms with Gasteiger partial charge < -0.3 is 10.5 Å². The summed E-state index contributed by atoms with van der Waals surface area (Å²) >= 11 is 1.64. The molecule has 1 aromatic rings. The van der Waals surface area contributed by atoms with Crippen molar-refractivity contribution < 1.29 is 4.74 Å². The Morgan fingerprint density at radius 2 is 2.05 bits per heavy atom. The van der Waals surface area contributed by atoms with Crippen molar-refractivity contribution in [3.8, 4) is 0 Å². The molecule has 112 valence electrons. The quantitative estimate of drug-likeness (QED) is 0.363. The van der Waals surface area contributed by atoms with Crippen molar-refractivity contribution in [1.82, 2.24) is 14.8 Å². The molecule has 2 N–H and O–H groups in total. The predicted octanol–water partition coefficient (Wildman–Crippen LogP) is 2.88. The fourth-order valence-corrected chi connectivity index (χ4v) is 3.25. The standard InChI is InChI=1S/C14H24N4OS/c1-2-9-18-13(15)16-17-14(18)20-11-10-19-12-7-5-3-4-6-8-12/h2,12H,1,3-11H2,(H2,15,16). The molecule has 0 aliphatic heterocycles. The van der Waals surface area contributed by atoms with Gasteiger partial charge >= 0.3 is 0 Å². The van der Waals surface area contributed by atoms with E-state index in [1.807, 2.05) is 4.57 Å². The number of rotatable bonds is 7. The predicted molar refractivity (Wildman–Crippen MR) is 82.8 cm³/mol. The number of allylic oxidation sites excluding steroid dienone is 1. The maximum absolute atomic E-state index is 5.96. The van der Waals surface area contributed by atoms with Crippen LogP contribution in [-0.2, 0) is 11.3 Å². The zero-order valence-electron chi connectivity index (χ0n) is 12.0. The molecule has 0 amide bonds. The van der Waals surface area contributed by atoms with E-state index in [4.69, 9.17) is 10.5 Å². The van der Waals surface area contributed by atoms with Crippen molar-refractivity contribution in [3.63, 3.8) is 0 Å². The molecule has 1 aromatic heterocycles. The molecule has 0 bridgehead atoms. The van der Waals surface area contributed by atoms with Crippen molar-refractivity contribution >= 4 is 17.7 Å². The summed E-state index contributed by atoms with van der Waals surface area (Å²) in [4.78, 5) is 0. The Bertz CT molecular complexity index is 413. The first kappa shape index (κ1) is 15.4. The van der Waals surface area contributed by atoms with E-state index in [1.54, 1.807) is 17.8 Å². The monoisotopic (exact) mass is 296 g/mol. The van der Waals surface area contributed by atoms with Gasteiger partial charge in [0.2, 0.25) is 5.95 Å². The van der Waals surface area contributed by atoms with Crippen molar-refractivity contribution in [2.75, 3.05) is 18.1 Å². The van der Waals surface area contributed by atoms with E-state index in [0.29, 0.717) is 18.6 Å². The molecule has 1 heterocycles. The average Bonchev–Trinajstić information content (AvgIpc) is 2.68. The van der Waals surface area contributed by atoms with Crippen LogP contribution in [0.5, 0.6) is 0 Å². The molecule has 0 unspecified atom stereocenters. The van der Waals surface area contributed by atoms with Gasteiger partial charge in [0.05, 0.1) is 12.7 Å². The van der Waals surface area contributed by atoms with Crippen LogP contribution >= 0.6 is 11.8 Å². The van der Waals surface area contributed by atoms with Gasteiger partial charge in [0.15, 0.2) is 5.16 Å². The van der Waals surface area contributed by atoms with E-state index in [0.717, 1.165) is 17.5 Å². The highest BCUT2D eigenvalue weighted by molar-refractivity contribution is 7.99. The number of anilines is 1. The van der Waals surface area contributed by atoms with Crippen LogP contribution in [0.15, 0.2) is 17.8 Å². The van der Waals surface area contributed by atoms with E-state index in [1.165, 1.54) is 38.5 Å². The summed E-state index contributed by atoms with van der Waals surface area (Å²) < 4.78 is 7.83. The lowest BCUT2D eigenvalue weighted by Crippen LogP contribution is -2.13. The van der Waals surface area contributed by atoms with E-state index < -0.39 is 0 Å². The molecule has 6 heteroatoms. The Morgan fingerprint density at radius 1 is 1.30 bits per heavy atom. The molecule has 0 radical (unpaired) electrons. The van der Waals surface area contributed by atoms with Gasteiger partial charge in [-0.2, -0.15) is 0 Å². The van der Waals surface area contributed by atoms with Gasteiger partial charge in [-0.1, -0.05) is 43.5 Å². The van der Waals surface area contributed by atoms with Gasteiger partial charge in [-0.3, -0.25) is 4.57 Å². The largest absolute Gasteiger partial charge is 0.377 e. The zero-order valence-corrected chi connectivity index (χ0v) is 12.8. The Morgan fingerprint density at radius 3 is 2.75 bits per heavy atom. The average molecular weight is 296 g/mol. The summed E-state index contributed by atoms with van der Waals surface area (Å²) in [5.74, 6) is 1.32. The zero-order chi connectivity index (χ0) is 14.2. The molecule has 1 fully saturated rings. The first-order chi connectivity index (χ1) is 9.81. The molecule has 0 aromatic carbocycles. The van der Waals surface area contributed by atoms with Crippen molar-refractivity contribution in [2.24, 2.45) is 0 Å². The van der Waals surface area contributed by atoms with Gasteiger partial charge in [-0.05, 0) is 12.8 Å². The molecule has 0 saturated heterocycles. The number of nitrogens with zero attached hydrogens (tertiary/aromatic N) is 3. The normalized spacial score (nSPS) is 17.0. The number of hydrogen-bond donors (Lipinski definition) is 1. The third kappa shape index (κ3) is 4.52. The second-order valence-corrected chi connectivity index (χ2v) is 6.13. The minimum Gasteiger partial charge on any atom is -0.377 e. The fraction of sp³-hybridized carbons (Fsp3) is 0.714. The summed E-state index contributed by atoms with van der Waals surface area (Å²) in [6.07, 6.45) is 10.0. The first-order valence-electron chi connectivity index (χ1n) is 7.35. The number of thioether (sulfide) groups is 1. The summed E-state index contributed by atoms with van der Waals surface area (Å²) in [5, 5.41) is 8.82. The highest BCUT2D eigenvalue weighted by Crippen LogP contribution is 2.21. The van der Waals surface area contributed by atoms with E-state index in [2.05, 4.69) is 16.8 Å². The Balaban J connectivity index is 1.71. The Kier molecular flexibility index (Phi) is 6.39. The van der Waals surface area contributed by atoms with Crippen molar-refractivity contribution in [2.45, 2.75) is 56.3 Å². The molecule has 0 spiro atoms. The summed E-state index contributed by atoms with van der Waals surface area (Å²) in [6.45, 7) is 5.12. The van der Waals surface area contributed by atoms with Crippen molar-refractivity contribution in [3.05, 3.63) is 12.7 Å². The fourth-order valence-electron chi connectivity index (χ4n) is 2.46. The van der Waals surface area contributed by atoms with E-state index in [9.17, 15) is 0 Å². The van der Waals surface area contributed by atoms with Gasteiger partial charge in [-0.15, -0.1) is 16.8 Å². The number of nitrogens with two attached hydrogens (primary N) is 1. The Labute approximate surface area is 125 Å². The number of hydrogen-bond acceptors (Lipinski definition) is 5. The first-order valence-corrected chi connectivity index (χ1v) is 8.34. The van der Waals surface area contributed by atoms with Crippen LogP contribution in [0.2, 0.25) is 0 Å². The molecule has 5 nitrogen and oxygen atoms in total. The number of ether oxygens (including phenoxy) is 1. The van der Waals surface area contributed by atoms with Crippen LogP contribution < -0.4 is 5.73 Å². The molecule has 1 aliphatic rings. The van der Waals surface area contributed by atoms with Crippen LogP contribution in [0.4, 0.5) is 5.95 Å². The smallest absolute Gasteiger partial charge is 0.222 e. The van der Waals surface area contributed by atoms with Gasteiger partial charge in [-0.25, -0.2) is 0 Å². The summed E-state index contributed by atoms with van der Waals surface area (Å²) in [7, 11) is 0. The molecular formula is C14H24N4OS. The highest BCUT2D eigenvalue weighted by Gasteiger charge is 2.13. The minimum atomic E-state index is 0.442. The maximum atomic E-state index is 5.96. The minimum absolute atomic E-state index is 0.442. The second-order valence-electron chi connectivity index (χ2n) is 5.07. The molecular weight excluding hydrogens is 272 g/mol. The van der Waals surface area contributed by atoms with Crippen LogP contribution in [0, 0.1) is 0 Å². The van der Waals surface area contributed by atoms with Crippen LogP contribution in [0.1, 0.15) is 38.5 Å². The Hall–Kier alpha value is -1.01. The molecule has 1 saturated carbocycles. The summed E-state index contributed by atoms with van der Waals surface area (Å²) in [6, 6.07) is 0. The third-order valence-electron chi connectivity index (χ3n) is 3.53. The lowest BCUT2D eigenvalue weighted by Gasteiger charge is -2.14. The van der Waals surface area contributed by atoms with Crippen molar-refractivity contribution in [1.29, 1.82) is 0 Å². The van der Waals surface area contributed by atoms with Gasteiger partial charge in [0.25, 0.3) is 0 Å². The molecule has 0 atom stereocenters. The van der Waals surface area contributed by atoms with E-state index in [-0.39, 0.29) is 0 Å². The molecule has 1 aliphatic carbocycles. The maximum Gasteiger partial charge on any atom is 0.222 e. The summed E-state index contributed by atoms with van der Waals surface area (Å²) in [5.41, 5.74) is 5.76. The third-order valence-corrected chi connectivity index (χ3v) is 4.46.